The average molecular weight is 454 g/mol. The van der Waals surface area contributed by atoms with Gasteiger partial charge in [0.25, 0.3) is 5.91 Å². The van der Waals surface area contributed by atoms with Gasteiger partial charge >= 0.3 is 6.18 Å². The lowest BCUT2D eigenvalue weighted by Gasteiger charge is -2.30. The normalized spacial score (nSPS) is 16.7. The second-order valence-electron chi connectivity index (χ2n) is 7.98. The number of hydrogen-bond donors (Lipinski definition) is 0. The molecule has 0 atom stereocenters. The van der Waals surface area contributed by atoms with E-state index in [1.807, 2.05) is 0 Å². The van der Waals surface area contributed by atoms with Gasteiger partial charge in [-0.2, -0.15) is 13.2 Å². The van der Waals surface area contributed by atoms with E-state index in [4.69, 9.17) is 4.74 Å². The summed E-state index contributed by atoms with van der Waals surface area (Å²) in [7, 11) is -2.18. The van der Waals surface area contributed by atoms with Gasteiger partial charge in [-0.1, -0.05) is 6.42 Å². The lowest BCUT2D eigenvalue weighted by molar-refractivity contribution is -0.141. The van der Waals surface area contributed by atoms with Crippen LogP contribution in [0.5, 0.6) is 5.75 Å². The Morgan fingerprint density at radius 1 is 1.16 bits per heavy atom. The van der Waals surface area contributed by atoms with Gasteiger partial charge in [-0.25, -0.2) is 8.42 Å². The number of amides is 1. The molecule has 0 bridgehead atoms. The monoisotopic (exact) mass is 454 g/mol. The van der Waals surface area contributed by atoms with Crippen molar-refractivity contribution < 1.29 is 31.1 Å². The highest BCUT2D eigenvalue weighted by molar-refractivity contribution is 7.90. The first-order valence-electron chi connectivity index (χ1n) is 9.75. The summed E-state index contributed by atoms with van der Waals surface area (Å²) in [5, 5.41) is 0. The molecule has 0 N–H and O–H groups in total. The lowest BCUT2D eigenvalue weighted by atomic mass is 9.77. The number of benzene rings is 1. The predicted molar refractivity (Wildman–Crippen MR) is 106 cm³/mol. The maximum atomic E-state index is 13.4. The molecule has 0 saturated heterocycles. The van der Waals surface area contributed by atoms with Gasteiger partial charge in [0.15, 0.2) is 9.84 Å². The lowest BCUT2D eigenvalue weighted by Crippen LogP contribution is -2.28. The summed E-state index contributed by atoms with van der Waals surface area (Å²) in [6, 6.07) is 3.75. The van der Waals surface area contributed by atoms with E-state index in [2.05, 4.69) is 4.98 Å². The van der Waals surface area contributed by atoms with E-state index in [0.29, 0.717) is 22.4 Å². The van der Waals surface area contributed by atoms with Crippen molar-refractivity contribution in [3.63, 3.8) is 0 Å². The molecule has 1 saturated carbocycles. The van der Waals surface area contributed by atoms with E-state index in [1.165, 1.54) is 24.1 Å². The van der Waals surface area contributed by atoms with Gasteiger partial charge in [-0.05, 0) is 48.1 Å². The maximum absolute atomic E-state index is 13.4. The third-order valence-corrected chi connectivity index (χ3v) is 6.98. The minimum absolute atomic E-state index is 0.00467. The number of alkyl halides is 3. The summed E-state index contributed by atoms with van der Waals surface area (Å²) < 4.78 is 68.8. The van der Waals surface area contributed by atoms with Crippen molar-refractivity contribution in [1.82, 2.24) is 9.88 Å². The van der Waals surface area contributed by atoms with Crippen LogP contribution in [-0.2, 0) is 29.1 Å². The van der Waals surface area contributed by atoms with E-state index in [-0.39, 0.29) is 29.5 Å². The van der Waals surface area contributed by atoms with E-state index in [0.717, 1.165) is 37.8 Å². The Kier molecular flexibility index (Phi) is 5.23. The Morgan fingerprint density at radius 2 is 1.84 bits per heavy atom. The molecule has 31 heavy (non-hydrogen) atoms. The van der Waals surface area contributed by atoms with Gasteiger partial charge in [0.05, 0.1) is 12.0 Å². The van der Waals surface area contributed by atoms with Gasteiger partial charge < -0.3 is 9.64 Å². The zero-order valence-corrected chi connectivity index (χ0v) is 17.8. The molecule has 1 aromatic heterocycles. The zero-order valence-electron chi connectivity index (χ0n) is 17.0. The van der Waals surface area contributed by atoms with Crippen LogP contribution in [0.15, 0.2) is 29.3 Å². The highest BCUT2D eigenvalue weighted by Gasteiger charge is 2.36. The van der Waals surface area contributed by atoms with Crippen molar-refractivity contribution in [2.24, 2.45) is 0 Å². The van der Waals surface area contributed by atoms with Crippen molar-refractivity contribution in [3.05, 3.63) is 52.3 Å². The fourth-order valence-electron chi connectivity index (χ4n) is 4.03. The Morgan fingerprint density at radius 3 is 2.39 bits per heavy atom. The number of hydrogen-bond acceptors (Lipinski definition) is 5. The maximum Gasteiger partial charge on any atom is 0.433 e. The third kappa shape index (κ3) is 4.00. The van der Waals surface area contributed by atoms with Crippen LogP contribution >= 0.6 is 0 Å². The number of sulfone groups is 1. The van der Waals surface area contributed by atoms with Gasteiger partial charge in [0.2, 0.25) is 0 Å². The minimum atomic E-state index is -4.57. The molecule has 1 aliphatic carbocycles. The molecule has 1 aromatic carbocycles. The largest absolute Gasteiger partial charge is 0.496 e. The van der Waals surface area contributed by atoms with Crippen molar-refractivity contribution in [3.8, 4) is 5.75 Å². The number of fused-ring (bicyclic) bond motifs is 1. The summed E-state index contributed by atoms with van der Waals surface area (Å²) in [5.41, 5.74) is 0.804. The van der Waals surface area contributed by atoms with Crippen molar-refractivity contribution in [1.29, 1.82) is 0 Å². The minimum Gasteiger partial charge on any atom is -0.496 e. The van der Waals surface area contributed by atoms with Crippen molar-refractivity contribution in [2.75, 3.05) is 13.4 Å². The van der Waals surface area contributed by atoms with Gasteiger partial charge in [-0.15, -0.1) is 0 Å². The average Bonchev–Trinajstić information content (AvgIpc) is 3.08. The molecule has 10 heteroatoms. The smallest absolute Gasteiger partial charge is 0.433 e. The number of halogens is 3. The summed E-state index contributed by atoms with van der Waals surface area (Å²) in [5.74, 6) is -0.0184. The number of ether oxygens (including phenoxy) is 1. The van der Waals surface area contributed by atoms with E-state index >= 15 is 0 Å². The SMILES string of the molecule is COc1cc(S(C)(=O)=O)cc(C(=O)N2Cc3cnc(C(F)(F)F)cc3C2)c1C1CCC1. The molecule has 0 radical (unpaired) electrons. The fourth-order valence-corrected chi connectivity index (χ4v) is 4.68. The van der Waals surface area contributed by atoms with Crippen LogP contribution in [-0.4, -0.2) is 37.6 Å². The number of nitrogens with zero attached hydrogens (tertiary/aromatic N) is 2. The van der Waals surface area contributed by atoms with Crippen LogP contribution in [0, 0.1) is 0 Å². The van der Waals surface area contributed by atoms with E-state index in [9.17, 15) is 26.4 Å². The summed E-state index contributed by atoms with van der Waals surface area (Å²) >= 11 is 0. The summed E-state index contributed by atoms with van der Waals surface area (Å²) in [6.45, 7) is 0.101. The highest BCUT2D eigenvalue weighted by Crippen LogP contribution is 2.44. The number of methoxy groups -OCH3 is 1. The molecule has 166 valence electrons. The second kappa shape index (κ2) is 7.51. The number of rotatable bonds is 4. The molecule has 6 nitrogen and oxygen atoms in total. The molecule has 2 aliphatic rings. The first kappa shape index (κ1) is 21.6. The topological polar surface area (TPSA) is 76.6 Å². The molecular weight excluding hydrogens is 433 g/mol. The van der Waals surface area contributed by atoms with Crippen LogP contribution in [0.25, 0.3) is 0 Å². The molecule has 1 aliphatic heterocycles. The molecular formula is C21H21F3N2O4S. The molecule has 0 spiro atoms. The summed E-state index contributed by atoms with van der Waals surface area (Å²) in [6.07, 6.45) is 0.333. The Balaban J connectivity index is 1.74. The Labute approximate surface area is 178 Å². The van der Waals surface area contributed by atoms with Crippen LogP contribution in [0.2, 0.25) is 0 Å². The summed E-state index contributed by atoms with van der Waals surface area (Å²) in [4.78, 5) is 18.3. The van der Waals surface area contributed by atoms with Gasteiger partial charge in [0.1, 0.15) is 11.4 Å². The zero-order chi connectivity index (χ0) is 22.6. The van der Waals surface area contributed by atoms with Crippen LogP contribution < -0.4 is 4.74 Å². The molecule has 1 amide bonds. The number of carbonyl (C=O) groups is 1. The van der Waals surface area contributed by atoms with Gasteiger partial charge in [0, 0.05) is 36.7 Å². The first-order chi connectivity index (χ1) is 14.5. The van der Waals surface area contributed by atoms with E-state index < -0.39 is 27.6 Å². The fraction of sp³-hybridized carbons (Fsp3) is 0.429. The Hall–Kier alpha value is -2.62. The third-order valence-electron chi connectivity index (χ3n) is 5.89. The van der Waals surface area contributed by atoms with Crippen molar-refractivity contribution >= 4 is 15.7 Å². The Bertz CT molecular complexity index is 1160. The van der Waals surface area contributed by atoms with Crippen LogP contribution in [0.4, 0.5) is 13.2 Å². The predicted octanol–water partition coefficient (Wildman–Crippen LogP) is 3.94. The molecule has 2 heterocycles. The molecule has 1 fully saturated rings. The van der Waals surface area contributed by atoms with Crippen LogP contribution in [0.1, 0.15) is 57.9 Å². The number of pyridine rings is 1. The molecule has 0 unspecified atom stereocenters. The molecule has 4 rings (SSSR count). The number of aromatic nitrogens is 1. The first-order valence-corrected chi connectivity index (χ1v) is 11.6. The second-order valence-corrected chi connectivity index (χ2v) is 10.00. The highest BCUT2D eigenvalue weighted by atomic mass is 32.2. The van der Waals surface area contributed by atoms with Crippen molar-refractivity contribution in [2.45, 2.75) is 49.3 Å². The van der Waals surface area contributed by atoms with E-state index in [1.54, 1.807) is 0 Å². The standard InChI is InChI=1S/C21H21F3N2O4S/c1-30-17-8-15(31(2,28)29)7-16(19(17)12-4-3-5-12)20(27)26-10-13-6-18(21(22,23)24)25-9-14(13)11-26/h6-9,12H,3-5,10-11H2,1-2H3. The van der Waals surface area contributed by atoms with Gasteiger partial charge in [-0.3, -0.25) is 9.78 Å². The quantitative estimate of drug-likeness (QED) is 0.700. The van der Waals surface area contributed by atoms with Crippen LogP contribution in [0.3, 0.4) is 0 Å². The molecule has 2 aromatic rings. The number of carbonyl (C=O) groups excluding carboxylic acids is 1.